The van der Waals surface area contributed by atoms with E-state index < -0.39 is 5.56 Å². The van der Waals surface area contributed by atoms with E-state index in [0.29, 0.717) is 16.9 Å². The van der Waals surface area contributed by atoms with Crippen LogP contribution in [0.3, 0.4) is 0 Å². The molecule has 2 rings (SSSR count). The zero-order chi connectivity index (χ0) is 14.7. The number of nitrogens with zero attached hydrogens (tertiary/aromatic N) is 3. The molecule has 0 saturated heterocycles. The molecule has 0 amide bonds. The zero-order valence-corrected chi connectivity index (χ0v) is 11.4. The van der Waals surface area contributed by atoms with Crippen molar-refractivity contribution in [2.75, 3.05) is 12.8 Å². The first-order chi connectivity index (χ1) is 9.56. The van der Waals surface area contributed by atoms with E-state index >= 15 is 0 Å². The van der Waals surface area contributed by atoms with Crippen LogP contribution in [0.4, 0.5) is 5.69 Å². The molecule has 1 aromatic carbocycles. The van der Waals surface area contributed by atoms with Crippen LogP contribution < -0.4 is 16.0 Å². The summed E-state index contributed by atoms with van der Waals surface area (Å²) in [5.74, 6) is 0.574. The van der Waals surface area contributed by atoms with E-state index in [4.69, 9.17) is 27.3 Å². The van der Waals surface area contributed by atoms with Crippen LogP contribution in [0.25, 0.3) is 0 Å². The molecule has 0 atom stereocenters. The van der Waals surface area contributed by atoms with Crippen molar-refractivity contribution in [1.29, 1.82) is 5.26 Å². The predicted octanol–water partition coefficient (Wildman–Crippen LogP) is 1.41. The minimum absolute atomic E-state index is 0.0241. The summed E-state index contributed by atoms with van der Waals surface area (Å²) in [5, 5.41) is 8.89. The Labute approximate surface area is 120 Å². The number of anilines is 1. The van der Waals surface area contributed by atoms with Gasteiger partial charge in [0.15, 0.2) is 5.15 Å². The first-order valence-corrected chi connectivity index (χ1v) is 6.02. The molecule has 0 radical (unpaired) electrons. The van der Waals surface area contributed by atoms with Gasteiger partial charge in [-0.25, -0.2) is 4.98 Å². The monoisotopic (exact) mass is 290 g/mol. The molecule has 1 heterocycles. The Morgan fingerprint density at radius 1 is 1.55 bits per heavy atom. The van der Waals surface area contributed by atoms with E-state index in [2.05, 4.69) is 4.98 Å². The molecule has 7 heteroatoms. The molecule has 0 aliphatic carbocycles. The average molecular weight is 291 g/mol. The Bertz CT molecular complexity index is 749. The summed E-state index contributed by atoms with van der Waals surface area (Å²) in [6, 6.07) is 6.99. The number of methoxy groups -OCH3 is 1. The fourth-order valence-corrected chi connectivity index (χ4v) is 1.88. The van der Waals surface area contributed by atoms with Crippen LogP contribution in [0, 0.1) is 11.3 Å². The molecule has 0 aliphatic rings. The van der Waals surface area contributed by atoms with Crippen LogP contribution >= 0.6 is 11.6 Å². The van der Waals surface area contributed by atoms with Crippen LogP contribution in [-0.2, 0) is 6.54 Å². The van der Waals surface area contributed by atoms with Gasteiger partial charge < -0.3 is 10.5 Å². The number of aromatic nitrogens is 2. The van der Waals surface area contributed by atoms with Crippen molar-refractivity contribution in [3.63, 3.8) is 0 Å². The number of nitriles is 1. The maximum absolute atomic E-state index is 12.0. The Morgan fingerprint density at radius 2 is 2.30 bits per heavy atom. The van der Waals surface area contributed by atoms with Gasteiger partial charge in [-0.05, 0) is 18.2 Å². The van der Waals surface area contributed by atoms with E-state index in [9.17, 15) is 4.79 Å². The van der Waals surface area contributed by atoms with Gasteiger partial charge in [-0.1, -0.05) is 11.6 Å². The van der Waals surface area contributed by atoms with Crippen LogP contribution in [0.5, 0.6) is 5.75 Å². The Morgan fingerprint density at radius 3 is 2.95 bits per heavy atom. The summed E-state index contributed by atoms with van der Waals surface area (Å²) in [7, 11) is 1.52. The number of nitrogens with two attached hydrogens (primary N) is 1. The van der Waals surface area contributed by atoms with E-state index in [0.717, 1.165) is 0 Å². The highest BCUT2D eigenvalue weighted by Gasteiger charge is 2.10. The number of ether oxygens (including phenoxy) is 1. The maximum Gasteiger partial charge on any atom is 0.278 e. The average Bonchev–Trinajstić information content (AvgIpc) is 2.47. The fraction of sp³-hybridized carbons (Fsp3) is 0.154. The number of nitrogen functional groups attached to an aromatic ring is 1. The quantitative estimate of drug-likeness (QED) is 0.863. The lowest BCUT2D eigenvalue weighted by molar-refractivity contribution is 0.408. The second-order valence-electron chi connectivity index (χ2n) is 4.02. The van der Waals surface area contributed by atoms with Crippen molar-refractivity contribution in [2.45, 2.75) is 6.54 Å². The second kappa shape index (κ2) is 5.63. The van der Waals surface area contributed by atoms with Gasteiger partial charge in [0.2, 0.25) is 0 Å². The topological polar surface area (TPSA) is 93.9 Å². The molecule has 0 spiro atoms. The number of benzene rings is 1. The van der Waals surface area contributed by atoms with E-state index in [-0.39, 0.29) is 17.4 Å². The van der Waals surface area contributed by atoms with Crippen LogP contribution in [-0.4, -0.2) is 16.7 Å². The molecule has 0 fully saturated rings. The van der Waals surface area contributed by atoms with Crippen LogP contribution in [0.2, 0.25) is 5.15 Å². The van der Waals surface area contributed by atoms with Gasteiger partial charge in [0, 0.05) is 5.56 Å². The molecule has 0 aliphatic heterocycles. The summed E-state index contributed by atoms with van der Waals surface area (Å²) < 4.78 is 6.51. The van der Waals surface area contributed by atoms with Gasteiger partial charge >= 0.3 is 0 Å². The van der Waals surface area contributed by atoms with E-state index in [1.165, 1.54) is 18.0 Å². The zero-order valence-electron chi connectivity index (χ0n) is 10.6. The molecule has 2 aromatic rings. The third-order valence-electron chi connectivity index (χ3n) is 2.77. The standard InChI is InChI=1S/C13H11ClN4O2/c1-20-10-3-2-8(5-15)4-9(10)6-18-7-17-12(14)11(16)13(18)19/h2-4,7H,6,16H2,1H3. The summed E-state index contributed by atoms with van der Waals surface area (Å²) in [6.07, 6.45) is 1.31. The third kappa shape index (κ3) is 2.58. The highest BCUT2D eigenvalue weighted by atomic mass is 35.5. The maximum atomic E-state index is 12.0. The lowest BCUT2D eigenvalue weighted by Crippen LogP contribution is -2.24. The molecule has 1 aromatic heterocycles. The van der Waals surface area contributed by atoms with Gasteiger partial charge in [-0.2, -0.15) is 5.26 Å². The molecule has 0 bridgehead atoms. The number of hydrogen-bond donors (Lipinski definition) is 1. The van der Waals surface area contributed by atoms with E-state index in [1.807, 2.05) is 6.07 Å². The molecular formula is C13H11ClN4O2. The van der Waals surface area contributed by atoms with Crippen molar-refractivity contribution in [3.8, 4) is 11.8 Å². The molecule has 0 unspecified atom stereocenters. The Kier molecular flexibility index (Phi) is 3.91. The summed E-state index contributed by atoms with van der Waals surface area (Å²) in [4.78, 5) is 15.8. The van der Waals surface area contributed by atoms with Crippen molar-refractivity contribution in [1.82, 2.24) is 9.55 Å². The van der Waals surface area contributed by atoms with E-state index in [1.54, 1.807) is 18.2 Å². The molecule has 6 nitrogen and oxygen atoms in total. The largest absolute Gasteiger partial charge is 0.496 e. The lowest BCUT2D eigenvalue weighted by atomic mass is 10.1. The van der Waals surface area contributed by atoms with Crippen molar-refractivity contribution >= 4 is 17.3 Å². The highest BCUT2D eigenvalue weighted by molar-refractivity contribution is 6.31. The van der Waals surface area contributed by atoms with Crippen molar-refractivity contribution < 1.29 is 4.74 Å². The Balaban J connectivity index is 2.47. The number of halogens is 1. The second-order valence-corrected chi connectivity index (χ2v) is 4.38. The van der Waals surface area contributed by atoms with Crippen LogP contribution in [0.15, 0.2) is 29.3 Å². The normalized spacial score (nSPS) is 10.1. The Hall–Kier alpha value is -2.52. The van der Waals surface area contributed by atoms with Gasteiger partial charge in [-0.3, -0.25) is 9.36 Å². The minimum Gasteiger partial charge on any atom is -0.496 e. The summed E-state index contributed by atoms with van der Waals surface area (Å²) >= 11 is 5.68. The first kappa shape index (κ1) is 13.9. The van der Waals surface area contributed by atoms with Gasteiger partial charge in [-0.15, -0.1) is 0 Å². The molecule has 0 saturated carbocycles. The van der Waals surface area contributed by atoms with Crippen molar-refractivity contribution in [3.05, 3.63) is 51.2 Å². The van der Waals surface area contributed by atoms with Crippen LogP contribution in [0.1, 0.15) is 11.1 Å². The molecule has 2 N–H and O–H groups in total. The predicted molar refractivity (Wildman–Crippen MR) is 74.7 cm³/mol. The first-order valence-electron chi connectivity index (χ1n) is 5.64. The smallest absolute Gasteiger partial charge is 0.278 e. The van der Waals surface area contributed by atoms with Gasteiger partial charge in [0.1, 0.15) is 11.4 Å². The fourth-order valence-electron chi connectivity index (χ4n) is 1.75. The lowest BCUT2D eigenvalue weighted by Gasteiger charge is -2.11. The SMILES string of the molecule is COc1ccc(C#N)cc1Cn1cnc(Cl)c(N)c1=O. The molecule has 102 valence electrons. The van der Waals surface area contributed by atoms with Gasteiger partial charge in [0.25, 0.3) is 5.56 Å². The number of rotatable bonds is 3. The summed E-state index contributed by atoms with van der Waals surface area (Å²) in [5.41, 5.74) is 6.16. The molecular weight excluding hydrogens is 280 g/mol. The van der Waals surface area contributed by atoms with Gasteiger partial charge in [0.05, 0.1) is 31.6 Å². The third-order valence-corrected chi connectivity index (χ3v) is 3.08. The number of hydrogen-bond acceptors (Lipinski definition) is 5. The highest BCUT2D eigenvalue weighted by Crippen LogP contribution is 2.20. The van der Waals surface area contributed by atoms with Crippen molar-refractivity contribution in [2.24, 2.45) is 0 Å². The summed E-state index contributed by atoms with van der Waals surface area (Å²) in [6.45, 7) is 0.186. The minimum atomic E-state index is -0.436. The molecule has 20 heavy (non-hydrogen) atoms.